The zero-order chi connectivity index (χ0) is 24.5. The quantitative estimate of drug-likeness (QED) is 0.229. The van der Waals surface area contributed by atoms with Crippen LogP contribution < -0.4 is 5.32 Å². The molecule has 0 aliphatic heterocycles. The number of alkyl halides is 3. The fourth-order valence-corrected chi connectivity index (χ4v) is 3.46. The van der Waals surface area contributed by atoms with E-state index >= 15 is 0 Å². The Balaban J connectivity index is 1.67. The van der Waals surface area contributed by atoms with E-state index in [1.165, 1.54) is 47.0 Å². The maximum absolute atomic E-state index is 13.1. The van der Waals surface area contributed by atoms with Gasteiger partial charge in [0.05, 0.1) is 16.8 Å². The first-order valence-corrected chi connectivity index (χ1v) is 10.1. The molecular formula is C23H15ClF4N4O2. The molecular weight excluding hydrogens is 476 g/mol. The van der Waals surface area contributed by atoms with Crippen LogP contribution in [0.1, 0.15) is 5.56 Å². The minimum absolute atomic E-state index is 0.0653. The Morgan fingerprint density at radius 2 is 1.76 bits per heavy atom. The third kappa shape index (κ3) is 5.01. The van der Waals surface area contributed by atoms with Crippen molar-refractivity contribution in [2.75, 3.05) is 5.32 Å². The van der Waals surface area contributed by atoms with E-state index < -0.39 is 29.3 Å². The van der Waals surface area contributed by atoms with Crippen LogP contribution in [0, 0.1) is 5.82 Å². The summed E-state index contributed by atoms with van der Waals surface area (Å²) in [5.74, 6) is -1.41. The van der Waals surface area contributed by atoms with Crippen molar-refractivity contribution in [3.63, 3.8) is 0 Å². The van der Waals surface area contributed by atoms with Crippen LogP contribution in [-0.4, -0.2) is 15.6 Å². The molecule has 0 aliphatic carbocycles. The second kappa shape index (κ2) is 9.14. The van der Waals surface area contributed by atoms with Crippen molar-refractivity contribution in [3.8, 4) is 5.88 Å². The van der Waals surface area contributed by atoms with Crippen LogP contribution in [0.4, 0.5) is 34.6 Å². The number of anilines is 1. The number of hydrogen-bond acceptors (Lipinski definition) is 4. The highest BCUT2D eigenvalue weighted by molar-refractivity contribution is 6.31. The van der Waals surface area contributed by atoms with Crippen molar-refractivity contribution in [2.45, 2.75) is 12.7 Å². The predicted molar refractivity (Wildman–Crippen MR) is 119 cm³/mol. The molecule has 2 N–H and O–H groups in total. The normalized spacial score (nSPS) is 11.9. The second-order valence-corrected chi connectivity index (χ2v) is 7.66. The molecule has 0 bridgehead atoms. The summed E-state index contributed by atoms with van der Waals surface area (Å²) in [6.07, 6.45) is -4.55. The number of fused-ring (bicyclic) bond motifs is 1. The first-order valence-electron chi connectivity index (χ1n) is 9.77. The minimum atomic E-state index is -4.55. The maximum atomic E-state index is 13.1. The fourth-order valence-electron chi connectivity index (χ4n) is 3.28. The van der Waals surface area contributed by atoms with E-state index in [2.05, 4.69) is 15.5 Å². The van der Waals surface area contributed by atoms with E-state index in [4.69, 9.17) is 11.6 Å². The molecule has 1 aromatic heterocycles. The molecule has 1 heterocycles. The van der Waals surface area contributed by atoms with Gasteiger partial charge in [0.2, 0.25) is 11.8 Å². The molecule has 4 rings (SSSR count). The summed E-state index contributed by atoms with van der Waals surface area (Å²) in [4.78, 5) is 12.5. The van der Waals surface area contributed by atoms with Crippen LogP contribution in [0.5, 0.6) is 5.88 Å². The third-order valence-electron chi connectivity index (χ3n) is 4.84. The van der Waals surface area contributed by atoms with Gasteiger partial charge < -0.3 is 15.0 Å². The number of nitrogens with one attached hydrogen (secondary N) is 1. The molecule has 0 saturated heterocycles. The topological polar surface area (TPSA) is 79.0 Å². The van der Waals surface area contributed by atoms with E-state index in [1.54, 1.807) is 12.1 Å². The number of nitrogens with zero attached hydrogens (tertiary/aromatic N) is 3. The average molecular weight is 491 g/mol. The van der Waals surface area contributed by atoms with Gasteiger partial charge in [0, 0.05) is 16.1 Å². The number of halogens is 5. The number of azo groups is 1. The lowest BCUT2D eigenvalue weighted by Crippen LogP contribution is -2.18. The number of aromatic hydroxyl groups is 1. The molecule has 3 aromatic carbocycles. The molecule has 0 aliphatic rings. The number of amides is 1. The molecule has 0 atom stereocenters. The number of aromatic nitrogens is 1. The van der Waals surface area contributed by atoms with Crippen molar-refractivity contribution in [2.24, 2.45) is 10.2 Å². The van der Waals surface area contributed by atoms with Gasteiger partial charge in [-0.25, -0.2) is 4.39 Å². The molecule has 11 heteroatoms. The highest BCUT2D eigenvalue weighted by Crippen LogP contribution is 2.41. The largest absolute Gasteiger partial charge is 0.493 e. The van der Waals surface area contributed by atoms with E-state index in [9.17, 15) is 27.5 Å². The Hall–Kier alpha value is -3.92. The first kappa shape index (κ1) is 23.2. The fraction of sp³-hybridized carbons (Fsp3) is 0.0870. The molecule has 0 spiro atoms. The van der Waals surface area contributed by atoms with Gasteiger partial charge >= 0.3 is 6.18 Å². The monoisotopic (exact) mass is 490 g/mol. The van der Waals surface area contributed by atoms with Crippen LogP contribution in [0.2, 0.25) is 5.02 Å². The Kier molecular flexibility index (Phi) is 6.25. The number of rotatable bonds is 5. The molecule has 34 heavy (non-hydrogen) atoms. The van der Waals surface area contributed by atoms with E-state index in [0.29, 0.717) is 21.6 Å². The van der Waals surface area contributed by atoms with Gasteiger partial charge in [0.1, 0.15) is 12.4 Å². The van der Waals surface area contributed by atoms with Gasteiger partial charge in [-0.05, 0) is 60.7 Å². The van der Waals surface area contributed by atoms with Crippen LogP contribution in [0.15, 0.2) is 77.0 Å². The van der Waals surface area contributed by atoms with Crippen molar-refractivity contribution >= 4 is 45.5 Å². The predicted octanol–water partition coefficient (Wildman–Crippen LogP) is 7.21. The van der Waals surface area contributed by atoms with Crippen molar-refractivity contribution in [1.82, 2.24) is 4.57 Å². The summed E-state index contributed by atoms with van der Waals surface area (Å²) in [7, 11) is 0. The second-order valence-electron chi connectivity index (χ2n) is 7.22. The van der Waals surface area contributed by atoms with E-state index in [1.807, 2.05) is 0 Å². The lowest BCUT2D eigenvalue weighted by molar-refractivity contribution is -0.137. The van der Waals surface area contributed by atoms with Crippen LogP contribution >= 0.6 is 11.6 Å². The highest BCUT2D eigenvalue weighted by Gasteiger charge is 2.30. The van der Waals surface area contributed by atoms with Crippen LogP contribution in [0.3, 0.4) is 0 Å². The van der Waals surface area contributed by atoms with Gasteiger partial charge in [0.15, 0.2) is 5.69 Å². The summed E-state index contributed by atoms with van der Waals surface area (Å²) in [5.41, 5.74) is -0.282. The molecule has 0 radical (unpaired) electrons. The summed E-state index contributed by atoms with van der Waals surface area (Å²) >= 11 is 6.07. The zero-order valence-corrected chi connectivity index (χ0v) is 17.9. The smallest absolute Gasteiger partial charge is 0.416 e. The first-order chi connectivity index (χ1) is 16.1. The van der Waals surface area contributed by atoms with Gasteiger partial charge in [0.25, 0.3) is 0 Å². The third-order valence-corrected chi connectivity index (χ3v) is 5.08. The molecule has 0 saturated carbocycles. The van der Waals surface area contributed by atoms with Crippen molar-refractivity contribution in [1.29, 1.82) is 0 Å². The summed E-state index contributed by atoms with van der Waals surface area (Å²) in [6.45, 7) is -0.333. The number of benzene rings is 3. The Morgan fingerprint density at radius 3 is 2.47 bits per heavy atom. The Bertz CT molecular complexity index is 1400. The molecule has 0 fully saturated rings. The molecule has 4 aromatic rings. The zero-order valence-electron chi connectivity index (χ0n) is 17.1. The van der Waals surface area contributed by atoms with Gasteiger partial charge in [-0.15, -0.1) is 5.11 Å². The molecule has 174 valence electrons. The maximum Gasteiger partial charge on any atom is 0.416 e. The highest BCUT2D eigenvalue weighted by atomic mass is 35.5. The van der Waals surface area contributed by atoms with Crippen LogP contribution in [-0.2, 0) is 17.5 Å². The van der Waals surface area contributed by atoms with Crippen molar-refractivity contribution in [3.05, 3.63) is 83.1 Å². The Labute approximate surface area is 195 Å². The summed E-state index contributed by atoms with van der Waals surface area (Å²) in [5, 5.41) is 21.8. The number of hydrogen-bond donors (Lipinski definition) is 2. The lowest BCUT2D eigenvalue weighted by Gasteiger charge is -2.08. The molecule has 1 amide bonds. The average Bonchev–Trinajstić information content (AvgIpc) is 3.03. The lowest BCUT2D eigenvalue weighted by atomic mass is 10.2. The minimum Gasteiger partial charge on any atom is -0.493 e. The number of carbonyl (C=O) groups is 1. The Morgan fingerprint density at radius 1 is 1.03 bits per heavy atom. The SMILES string of the molecule is O=C(Cn1c(O)c(N=Nc2cccc(C(F)(F)F)c2)c2cc(Cl)ccc21)Nc1ccc(F)cc1. The van der Waals surface area contributed by atoms with Gasteiger partial charge in [-0.2, -0.15) is 18.3 Å². The van der Waals surface area contributed by atoms with E-state index in [0.717, 1.165) is 12.1 Å². The van der Waals surface area contributed by atoms with Crippen molar-refractivity contribution < 1.29 is 27.5 Å². The summed E-state index contributed by atoms with van der Waals surface area (Å²) < 4.78 is 53.2. The number of carbonyl (C=O) groups excluding carboxylic acids is 1. The summed E-state index contributed by atoms with van der Waals surface area (Å²) in [6, 6.07) is 14.0. The standard InChI is InChI=1S/C23H15ClF4N4O2/c24-14-4-9-19-18(11-14)21(31-30-17-3-1-2-13(10-17)23(26,27)28)22(34)32(19)12-20(33)29-16-7-5-15(25)6-8-16/h1-11,34H,12H2,(H,29,33). The van der Waals surface area contributed by atoms with E-state index in [-0.39, 0.29) is 17.9 Å². The van der Waals surface area contributed by atoms with Gasteiger partial charge in [-0.1, -0.05) is 17.7 Å². The van der Waals surface area contributed by atoms with Gasteiger partial charge in [-0.3, -0.25) is 4.79 Å². The van der Waals surface area contributed by atoms with Crippen LogP contribution in [0.25, 0.3) is 10.9 Å². The molecule has 6 nitrogen and oxygen atoms in total. The molecule has 0 unspecified atom stereocenters.